The lowest BCUT2D eigenvalue weighted by molar-refractivity contribution is -0.113. The van der Waals surface area contributed by atoms with Crippen LogP contribution in [0.5, 0.6) is 0 Å². The molecule has 4 nitrogen and oxygen atoms in total. The summed E-state index contributed by atoms with van der Waals surface area (Å²) in [4.78, 5) is 25.0. The molecule has 0 bridgehead atoms. The number of thioether (sulfide) groups is 1. The van der Waals surface area contributed by atoms with Crippen LogP contribution in [0.2, 0.25) is 0 Å². The van der Waals surface area contributed by atoms with Crippen LogP contribution in [0.3, 0.4) is 0 Å². The quantitative estimate of drug-likeness (QED) is 0.336. The third-order valence-corrected chi connectivity index (χ3v) is 6.37. The summed E-state index contributed by atoms with van der Waals surface area (Å²) >= 11 is 2.84. The van der Waals surface area contributed by atoms with Gasteiger partial charge in [0.15, 0.2) is 5.17 Å². The standard InChI is InChI=1S/C25H17N3OS2/c29-23-22(16-18-10-4-1-5-11-18)31-25(28(23)20-14-8-3-9-15-20)27-24-26-21(17-30-24)19-12-6-2-7-13-19/h1-17H/b22-16-,27-25+. The molecule has 2 heterocycles. The van der Waals surface area contributed by atoms with E-state index in [2.05, 4.69) is 4.98 Å². The fourth-order valence-corrected chi connectivity index (χ4v) is 4.93. The van der Waals surface area contributed by atoms with Gasteiger partial charge < -0.3 is 0 Å². The van der Waals surface area contributed by atoms with Crippen molar-refractivity contribution in [3.63, 3.8) is 0 Å². The Bertz CT molecular complexity index is 1270. The van der Waals surface area contributed by atoms with E-state index in [-0.39, 0.29) is 5.91 Å². The number of thiazole rings is 1. The highest BCUT2D eigenvalue weighted by molar-refractivity contribution is 8.19. The van der Waals surface area contributed by atoms with E-state index in [1.807, 2.05) is 102 Å². The molecule has 0 aliphatic carbocycles. The summed E-state index contributed by atoms with van der Waals surface area (Å²) in [5, 5.41) is 3.22. The number of carbonyl (C=O) groups excluding carboxylic acids is 1. The molecule has 3 aromatic carbocycles. The second kappa shape index (κ2) is 8.71. The first-order chi connectivity index (χ1) is 15.3. The van der Waals surface area contributed by atoms with Crippen molar-refractivity contribution in [2.75, 3.05) is 4.90 Å². The molecule has 0 N–H and O–H groups in total. The minimum Gasteiger partial charge on any atom is -0.268 e. The van der Waals surface area contributed by atoms with E-state index in [1.54, 1.807) is 4.90 Å². The SMILES string of the molecule is O=C1/C(=C/c2ccccc2)S/C(=N/c2nc(-c3ccccc3)cs2)N1c1ccccc1. The second-order valence-corrected chi connectivity index (χ2v) is 8.62. The van der Waals surface area contributed by atoms with Crippen molar-refractivity contribution < 1.29 is 4.79 Å². The number of hydrogen-bond donors (Lipinski definition) is 0. The molecular formula is C25H17N3OS2. The van der Waals surface area contributed by atoms with Crippen LogP contribution in [0, 0.1) is 0 Å². The van der Waals surface area contributed by atoms with Gasteiger partial charge in [-0.3, -0.25) is 9.69 Å². The molecule has 4 aromatic rings. The van der Waals surface area contributed by atoms with Gasteiger partial charge in [0.1, 0.15) is 0 Å². The minimum atomic E-state index is -0.0846. The van der Waals surface area contributed by atoms with Crippen LogP contribution in [0.1, 0.15) is 5.56 Å². The van der Waals surface area contributed by atoms with Crippen LogP contribution in [-0.2, 0) is 4.79 Å². The number of carbonyl (C=O) groups is 1. The summed E-state index contributed by atoms with van der Waals surface area (Å²) in [5.41, 5.74) is 3.69. The van der Waals surface area contributed by atoms with Crippen LogP contribution in [0.25, 0.3) is 17.3 Å². The Hall–Kier alpha value is -3.48. The van der Waals surface area contributed by atoms with Gasteiger partial charge >= 0.3 is 0 Å². The molecule has 5 rings (SSSR count). The molecule has 1 aliphatic heterocycles. The van der Waals surface area contributed by atoms with Crippen molar-refractivity contribution >= 4 is 51.1 Å². The van der Waals surface area contributed by atoms with Crippen molar-refractivity contribution in [3.05, 3.63) is 107 Å². The normalized spacial score (nSPS) is 16.4. The summed E-state index contributed by atoms with van der Waals surface area (Å²) in [6.45, 7) is 0. The maximum atomic E-state index is 13.3. The van der Waals surface area contributed by atoms with Crippen molar-refractivity contribution in [1.82, 2.24) is 4.98 Å². The van der Waals surface area contributed by atoms with Crippen LogP contribution in [-0.4, -0.2) is 16.1 Å². The zero-order valence-electron chi connectivity index (χ0n) is 16.4. The highest BCUT2D eigenvalue weighted by atomic mass is 32.2. The number of amides is 1. The molecule has 1 amide bonds. The van der Waals surface area contributed by atoms with E-state index in [4.69, 9.17) is 4.99 Å². The number of benzene rings is 3. The lowest BCUT2D eigenvalue weighted by Gasteiger charge is -2.14. The average molecular weight is 440 g/mol. The molecule has 1 saturated heterocycles. The van der Waals surface area contributed by atoms with Crippen molar-refractivity contribution in [2.24, 2.45) is 4.99 Å². The number of anilines is 1. The Morgan fingerprint density at radius 2 is 1.48 bits per heavy atom. The molecule has 6 heteroatoms. The monoisotopic (exact) mass is 439 g/mol. The Morgan fingerprint density at radius 3 is 2.19 bits per heavy atom. The number of hydrogen-bond acceptors (Lipinski definition) is 5. The van der Waals surface area contributed by atoms with E-state index in [9.17, 15) is 4.79 Å². The lowest BCUT2D eigenvalue weighted by Crippen LogP contribution is -2.28. The fourth-order valence-electron chi connectivity index (χ4n) is 3.19. The van der Waals surface area contributed by atoms with Gasteiger partial charge in [0.05, 0.1) is 16.3 Å². The maximum absolute atomic E-state index is 13.3. The first-order valence-corrected chi connectivity index (χ1v) is 11.4. The molecule has 1 aliphatic rings. The summed E-state index contributed by atoms with van der Waals surface area (Å²) in [7, 11) is 0. The smallest absolute Gasteiger partial charge is 0.268 e. The Morgan fingerprint density at radius 1 is 0.839 bits per heavy atom. The Kier molecular flexibility index (Phi) is 5.48. The molecule has 0 spiro atoms. The molecule has 0 saturated carbocycles. The predicted octanol–water partition coefficient (Wildman–Crippen LogP) is 6.62. The summed E-state index contributed by atoms with van der Waals surface area (Å²) in [5.74, 6) is -0.0846. The summed E-state index contributed by atoms with van der Waals surface area (Å²) in [6.07, 6.45) is 1.91. The predicted molar refractivity (Wildman–Crippen MR) is 131 cm³/mol. The first kappa shape index (κ1) is 19.5. The van der Waals surface area contributed by atoms with E-state index in [0.717, 1.165) is 22.5 Å². The van der Waals surface area contributed by atoms with Crippen LogP contribution in [0.4, 0.5) is 10.8 Å². The minimum absolute atomic E-state index is 0.0846. The maximum Gasteiger partial charge on any atom is 0.271 e. The average Bonchev–Trinajstić information content (AvgIpc) is 3.40. The van der Waals surface area contributed by atoms with Crippen molar-refractivity contribution in [2.45, 2.75) is 0 Å². The van der Waals surface area contributed by atoms with Crippen molar-refractivity contribution in [1.29, 1.82) is 0 Å². The molecule has 150 valence electrons. The zero-order valence-corrected chi connectivity index (χ0v) is 18.0. The molecule has 0 radical (unpaired) electrons. The number of rotatable bonds is 4. The van der Waals surface area contributed by atoms with Crippen LogP contribution in [0.15, 0.2) is 106 Å². The number of aromatic nitrogens is 1. The molecule has 1 aromatic heterocycles. The molecule has 0 unspecified atom stereocenters. The van der Waals surface area contributed by atoms with Crippen LogP contribution >= 0.6 is 23.1 Å². The molecule has 1 fully saturated rings. The number of para-hydroxylation sites is 1. The number of nitrogens with zero attached hydrogens (tertiary/aromatic N) is 3. The molecule has 0 atom stereocenters. The van der Waals surface area contributed by atoms with Gasteiger partial charge in [0, 0.05) is 10.9 Å². The fraction of sp³-hybridized carbons (Fsp3) is 0. The van der Waals surface area contributed by atoms with E-state index in [1.165, 1.54) is 23.1 Å². The third-order valence-electron chi connectivity index (χ3n) is 4.67. The molecular weight excluding hydrogens is 422 g/mol. The van der Waals surface area contributed by atoms with Crippen LogP contribution < -0.4 is 4.90 Å². The first-order valence-electron chi connectivity index (χ1n) is 9.72. The van der Waals surface area contributed by atoms with Gasteiger partial charge in [0.25, 0.3) is 5.91 Å². The summed E-state index contributed by atoms with van der Waals surface area (Å²) in [6, 6.07) is 29.4. The van der Waals surface area contributed by atoms with Gasteiger partial charge in [-0.15, -0.1) is 11.3 Å². The van der Waals surface area contributed by atoms with Gasteiger partial charge in [-0.2, -0.15) is 4.99 Å². The summed E-state index contributed by atoms with van der Waals surface area (Å²) < 4.78 is 0. The second-order valence-electron chi connectivity index (χ2n) is 6.77. The van der Waals surface area contributed by atoms with Gasteiger partial charge in [-0.1, -0.05) is 78.9 Å². The Labute approximate surface area is 188 Å². The van der Waals surface area contributed by atoms with Gasteiger partial charge in [-0.25, -0.2) is 4.98 Å². The van der Waals surface area contributed by atoms with E-state index in [0.29, 0.717) is 15.2 Å². The third kappa shape index (κ3) is 4.21. The van der Waals surface area contributed by atoms with E-state index >= 15 is 0 Å². The topological polar surface area (TPSA) is 45.6 Å². The molecule has 31 heavy (non-hydrogen) atoms. The van der Waals surface area contributed by atoms with Gasteiger partial charge in [0.2, 0.25) is 5.13 Å². The zero-order chi connectivity index (χ0) is 21.0. The Balaban J connectivity index is 1.53. The lowest BCUT2D eigenvalue weighted by atomic mass is 10.2. The number of amidine groups is 1. The van der Waals surface area contributed by atoms with Gasteiger partial charge in [-0.05, 0) is 35.5 Å². The largest absolute Gasteiger partial charge is 0.271 e. The van der Waals surface area contributed by atoms with E-state index < -0.39 is 0 Å². The number of aliphatic imine (C=N–C) groups is 1. The highest BCUT2D eigenvalue weighted by Gasteiger charge is 2.35. The van der Waals surface area contributed by atoms with Crippen molar-refractivity contribution in [3.8, 4) is 11.3 Å². The highest BCUT2D eigenvalue weighted by Crippen LogP contribution is 2.38.